The molecule has 7 nitrogen and oxygen atoms in total. The molecule has 1 aromatic rings. The number of urea groups is 1. The third-order valence-electron chi connectivity index (χ3n) is 3.14. The first-order valence-electron chi connectivity index (χ1n) is 6.62. The van der Waals surface area contributed by atoms with E-state index in [-0.39, 0.29) is 18.2 Å². The largest absolute Gasteiger partial charge is 0.481 e. The molecule has 1 unspecified atom stereocenters. The Hall–Kier alpha value is -2.45. The van der Waals surface area contributed by atoms with E-state index in [0.29, 0.717) is 13.0 Å². The van der Waals surface area contributed by atoms with Crippen LogP contribution in [0, 0.1) is 5.92 Å². The number of alkyl halides is 2. The number of carboxylic acids is 1. The predicted molar refractivity (Wildman–Crippen MR) is 72.1 cm³/mol. The SMILES string of the molecule is O=C(O)C1CCN(C(=O)Nc2cccc(OCC(F)F)n2)C1. The topological polar surface area (TPSA) is 91.8 Å². The van der Waals surface area contributed by atoms with Gasteiger partial charge < -0.3 is 14.7 Å². The number of ether oxygens (including phenoxy) is 1. The second kappa shape index (κ2) is 7.01. The van der Waals surface area contributed by atoms with Gasteiger partial charge in [-0.25, -0.2) is 13.6 Å². The summed E-state index contributed by atoms with van der Waals surface area (Å²) in [6.07, 6.45) is -2.22. The molecular weight excluding hydrogens is 300 g/mol. The highest BCUT2D eigenvalue weighted by Gasteiger charge is 2.30. The number of pyridine rings is 1. The summed E-state index contributed by atoms with van der Waals surface area (Å²) in [4.78, 5) is 28.1. The van der Waals surface area contributed by atoms with E-state index in [0.717, 1.165) is 0 Å². The van der Waals surface area contributed by atoms with Crippen molar-refractivity contribution >= 4 is 17.8 Å². The highest BCUT2D eigenvalue weighted by molar-refractivity contribution is 5.89. The number of carbonyl (C=O) groups excluding carboxylic acids is 1. The normalized spacial score (nSPS) is 17.6. The van der Waals surface area contributed by atoms with E-state index in [1.165, 1.54) is 23.1 Å². The highest BCUT2D eigenvalue weighted by atomic mass is 19.3. The standard InChI is InChI=1S/C13H15F2N3O4/c14-9(15)7-22-11-3-1-2-10(16-11)17-13(21)18-5-4-8(6-18)12(19)20/h1-3,8-9H,4-7H2,(H,19,20)(H,16,17,21). The summed E-state index contributed by atoms with van der Waals surface area (Å²) in [5.74, 6) is -1.38. The minimum absolute atomic E-state index is 0.0251. The van der Waals surface area contributed by atoms with Gasteiger partial charge >= 0.3 is 12.0 Å². The first-order chi connectivity index (χ1) is 10.5. The number of aromatic nitrogens is 1. The molecule has 0 saturated carbocycles. The van der Waals surface area contributed by atoms with E-state index < -0.39 is 31.0 Å². The van der Waals surface area contributed by atoms with Crippen LogP contribution < -0.4 is 10.1 Å². The Kier molecular flexibility index (Phi) is 5.08. The summed E-state index contributed by atoms with van der Waals surface area (Å²) < 4.78 is 28.9. The lowest BCUT2D eigenvalue weighted by Gasteiger charge is -2.16. The highest BCUT2D eigenvalue weighted by Crippen LogP contribution is 2.18. The van der Waals surface area contributed by atoms with Crippen molar-refractivity contribution in [3.63, 3.8) is 0 Å². The van der Waals surface area contributed by atoms with Crippen molar-refractivity contribution in [2.24, 2.45) is 5.92 Å². The molecule has 2 amide bonds. The molecule has 1 aromatic heterocycles. The maximum atomic E-state index is 12.1. The van der Waals surface area contributed by atoms with Gasteiger partial charge in [0.1, 0.15) is 5.82 Å². The monoisotopic (exact) mass is 315 g/mol. The minimum atomic E-state index is -2.61. The number of likely N-dealkylation sites (tertiary alicyclic amines) is 1. The van der Waals surface area contributed by atoms with Gasteiger partial charge in [-0.05, 0) is 12.5 Å². The summed E-state index contributed by atoms with van der Waals surface area (Å²) in [5.41, 5.74) is 0. The number of hydrogen-bond acceptors (Lipinski definition) is 4. The van der Waals surface area contributed by atoms with Crippen LogP contribution in [0.15, 0.2) is 18.2 Å². The molecule has 1 atom stereocenters. The zero-order valence-corrected chi connectivity index (χ0v) is 11.5. The van der Waals surface area contributed by atoms with Crippen molar-refractivity contribution in [2.45, 2.75) is 12.8 Å². The van der Waals surface area contributed by atoms with Crippen molar-refractivity contribution in [1.29, 1.82) is 0 Å². The van der Waals surface area contributed by atoms with E-state index in [4.69, 9.17) is 9.84 Å². The average molecular weight is 315 g/mol. The predicted octanol–water partition coefficient (Wildman–Crippen LogP) is 1.66. The van der Waals surface area contributed by atoms with Gasteiger partial charge in [-0.15, -0.1) is 0 Å². The third-order valence-corrected chi connectivity index (χ3v) is 3.14. The van der Waals surface area contributed by atoms with Gasteiger partial charge in [-0.2, -0.15) is 4.98 Å². The Morgan fingerprint density at radius 1 is 1.50 bits per heavy atom. The number of hydrogen-bond donors (Lipinski definition) is 2. The Bertz CT molecular complexity index is 556. The number of anilines is 1. The first kappa shape index (κ1) is 15.9. The van der Waals surface area contributed by atoms with E-state index in [1.807, 2.05) is 0 Å². The molecule has 0 radical (unpaired) electrons. The number of amides is 2. The lowest BCUT2D eigenvalue weighted by Crippen LogP contribution is -2.34. The van der Waals surface area contributed by atoms with Gasteiger partial charge in [0.2, 0.25) is 5.88 Å². The van der Waals surface area contributed by atoms with Crippen molar-refractivity contribution in [2.75, 3.05) is 25.0 Å². The molecule has 1 aliphatic heterocycles. The van der Waals surface area contributed by atoms with Crippen LogP contribution in [-0.2, 0) is 4.79 Å². The minimum Gasteiger partial charge on any atom is -0.481 e. The molecule has 0 bridgehead atoms. The second-order valence-corrected chi connectivity index (χ2v) is 4.76. The van der Waals surface area contributed by atoms with Gasteiger partial charge in [-0.1, -0.05) is 6.07 Å². The second-order valence-electron chi connectivity index (χ2n) is 4.76. The number of aliphatic carboxylic acids is 1. The Balaban J connectivity index is 1.91. The van der Waals surface area contributed by atoms with Crippen molar-refractivity contribution in [1.82, 2.24) is 9.88 Å². The quantitative estimate of drug-likeness (QED) is 0.862. The van der Waals surface area contributed by atoms with Crippen LogP contribution in [0.3, 0.4) is 0 Å². The van der Waals surface area contributed by atoms with Gasteiger partial charge in [0.15, 0.2) is 6.61 Å². The van der Waals surface area contributed by atoms with Crippen LogP contribution in [0.25, 0.3) is 0 Å². The number of nitrogens with one attached hydrogen (secondary N) is 1. The molecule has 0 aliphatic carbocycles. The van der Waals surface area contributed by atoms with Crippen LogP contribution in [0.4, 0.5) is 19.4 Å². The van der Waals surface area contributed by atoms with Crippen LogP contribution in [-0.4, -0.2) is 53.1 Å². The number of carbonyl (C=O) groups is 2. The zero-order valence-electron chi connectivity index (χ0n) is 11.5. The van der Waals surface area contributed by atoms with Gasteiger partial charge in [0.25, 0.3) is 6.43 Å². The van der Waals surface area contributed by atoms with E-state index in [2.05, 4.69) is 10.3 Å². The van der Waals surface area contributed by atoms with Gasteiger partial charge in [-0.3, -0.25) is 10.1 Å². The van der Waals surface area contributed by atoms with E-state index in [1.54, 1.807) is 0 Å². The Morgan fingerprint density at radius 2 is 2.27 bits per heavy atom. The molecule has 22 heavy (non-hydrogen) atoms. The zero-order chi connectivity index (χ0) is 16.1. The average Bonchev–Trinajstić information content (AvgIpc) is 2.95. The van der Waals surface area contributed by atoms with Crippen molar-refractivity contribution < 1.29 is 28.2 Å². The first-order valence-corrected chi connectivity index (χ1v) is 6.62. The molecule has 9 heteroatoms. The number of halogens is 2. The van der Waals surface area contributed by atoms with Crippen molar-refractivity contribution in [3.8, 4) is 5.88 Å². The van der Waals surface area contributed by atoms with Crippen LogP contribution in [0.1, 0.15) is 6.42 Å². The number of carboxylic acid groups (broad SMARTS) is 1. The third kappa shape index (κ3) is 4.27. The molecule has 0 spiro atoms. The number of rotatable bonds is 5. The molecule has 0 aromatic carbocycles. The van der Waals surface area contributed by atoms with Crippen LogP contribution in [0.2, 0.25) is 0 Å². The molecule has 120 valence electrons. The fourth-order valence-electron chi connectivity index (χ4n) is 2.05. The van der Waals surface area contributed by atoms with Crippen molar-refractivity contribution in [3.05, 3.63) is 18.2 Å². The molecule has 1 saturated heterocycles. The molecule has 1 fully saturated rings. The fraction of sp³-hybridized carbons (Fsp3) is 0.462. The maximum absolute atomic E-state index is 12.1. The summed E-state index contributed by atoms with van der Waals surface area (Å²) in [5, 5.41) is 11.4. The molecule has 2 rings (SSSR count). The van der Waals surface area contributed by atoms with E-state index >= 15 is 0 Å². The fourth-order valence-corrected chi connectivity index (χ4v) is 2.05. The summed E-state index contributed by atoms with van der Waals surface area (Å²) >= 11 is 0. The van der Waals surface area contributed by atoms with Crippen LogP contribution in [0.5, 0.6) is 5.88 Å². The maximum Gasteiger partial charge on any atom is 0.323 e. The number of nitrogens with zero attached hydrogens (tertiary/aromatic N) is 2. The lowest BCUT2D eigenvalue weighted by molar-refractivity contribution is -0.141. The molecule has 1 aliphatic rings. The summed E-state index contributed by atoms with van der Waals surface area (Å²) in [7, 11) is 0. The summed E-state index contributed by atoms with van der Waals surface area (Å²) in [6.45, 7) is -0.316. The van der Waals surface area contributed by atoms with Crippen LogP contribution >= 0.6 is 0 Å². The smallest absolute Gasteiger partial charge is 0.323 e. The Labute approximate surface area is 124 Å². The lowest BCUT2D eigenvalue weighted by atomic mass is 10.1. The van der Waals surface area contributed by atoms with Gasteiger partial charge in [0, 0.05) is 19.2 Å². The molecule has 2 heterocycles. The molecular formula is C13H15F2N3O4. The van der Waals surface area contributed by atoms with Gasteiger partial charge in [0.05, 0.1) is 5.92 Å². The summed E-state index contributed by atoms with van der Waals surface area (Å²) in [6, 6.07) is 3.90. The van der Waals surface area contributed by atoms with E-state index in [9.17, 15) is 18.4 Å². The molecule has 2 N–H and O–H groups in total. The Morgan fingerprint density at radius 3 is 2.91 bits per heavy atom.